The minimum Gasteiger partial charge on any atom is -0.383 e. The molecule has 0 atom stereocenters. The monoisotopic (exact) mass is 297 g/mol. The highest BCUT2D eigenvalue weighted by atomic mass is 32.2. The van der Waals surface area contributed by atoms with E-state index in [1.54, 1.807) is 11.3 Å². The summed E-state index contributed by atoms with van der Waals surface area (Å²) in [6.07, 6.45) is 2.90. The Kier molecular flexibility index (Phi) is 4.80. The van der Waals surface area contributed by atoms with Crippen molar-refractivity contribution in [1.29, 1.82) is 0 Å². The van der Waals surface area contributed by atoms with Crippen LogP contribution in [0.3, 0.4) is 0 Å². The highest BCUT2D eigenvalue weighted by Gasteiger charge is 2.04. The van der Waals surface area contributed by atoms with Crippen LogP contribution < -0.4 is 16.6 Å². The first-order chi connectivity index (χ1) is 9.17. The van der Waals surface area contributed by atoms with Crippen LogP contribution >= 0.6 is 23.1 Å². The molecule has 2 aromatic heterocycles. The second-order valence-corrected chi connectivity index (χ2v) is 5.90. The van der Waals surface area contributed by atoms with Gasteiger partial charge in [0.05, 0.1) is 0 Å². The van der Waals surface area contributed by atoms with E-state index < -0.39 is 0 Å². The molecule has 0 aliphatic heterocycles. The van der Waals surface area contributed by atoms with Gasteiger partial charge in [-0.2, -0.15) is 0 Å². The highest BCUT2D eigenvalue weighted by Crippen LogP contribution is 2.25. The number of nitrogen functional groups attached to an aromatic ring is 1. The molecule has 0 saturated heterocycles. The summed E-state index contributed by atoms with van der Waals surface area (Å²) in [4.78, 5) is 23.3. The number of hydrogen-bond donors (Lipinski definition) is 3. The maximum Gasteiger partial charge on any atom is 0.253 e. The number of H-pyrrole nitrogens is 1. The number of hydrogen-bond acceptors (Lipinski definition) is 7. The molecular weight excluding hydrogens is 282 g/mol. The zero-order valence-corrected chi connectivity index (χ0v) is 12.1. The number of rotatable bonds is 6. The van der Waals surface area contributed by atoms with Crippen LogP contribution in [0.5, 0.6) is 0 Å². The van der Waals surface area contributed by atoms with Gasteiger partial charge in [0.1, 0.15) is 5.82 Å². The second kappa shape index (κ2) is 6.58. The van der Waals surface area contributed by atoms with Crippen molar-refractivity contribution in [2.75, 3.05) is 17.6 Å². The molecule has 2 aromatic rings. The zero-order valence-electron chi connectivity index (χ0n) is 10.5. The Morgan fingerprint density at radius 2 is 2.42 bits per heavy atom. The van der Waals surface area contributed by atoms with Gasteiger partial charge in [0, 0.05) is 29.4 Å². The van der Waals surface area contributed by atoms with Crippen LogP contribution in [-0.2, 0) is 5.75 Å². The molecule has 0 spiro atoms. The Morgan fingerprint density at radius 1 is 1.58 bits per heavy atom. The van der Waals surface area contributed by atoms with Crippen LogP contribution in [0.15, 0.2) is 22.2 Å². The Hall–Kier alpha value is -1.54. The lowest BCUT2D eigenvalue weighted by molar-refractivity contribution is 0.945. The van der Waals surface area contributed by atoms with Gasteiger partial charge in [-0.15, -0.1) is 11.3 Å². The lowest BCUT2D eigenvalue weighted by Gasteiger charge is -1.99. The molecule has 0 bridgehead atoms. The van der Waals surface area contributed by atoms with Gasteiger partial charge in [-0.3, -0.25) is 4.79 Å². The number of nitrogens with one attached hydrogen (secondary N) is 2. The number of nitrogens with zero attached hydrogens (tertiary/aromatic N) is 2. The number of thiazole rings is 1. The molecule has 0 aliphatic carbocycles. The third-order valence-corrected chi connectivity index (χ3v) is 4.23. The minimum absolute atomic E-state index is 0.232. The van der Waals surface area contributed by atoms with E-state index in [1.165, 1.54) is 17.8 Å². The van der Waals surface area contributed by atoms with Gasteiger partial charge in [0.15, 0.2) is 10.3 Å². The molecule has 19 heavy (non-hydrogen) atoms. The van der Waals surface area contributed by atoms with Crippen molar-refractivity contribution >= 4 is 34.0 Å². The topological polar surface area (TPSA) is 96.7 Å². The SMILES string of the molecule is CCCNc1ncc(CSc2nc(N)cc(=O)[nH]2)s1. The van der Waals surface area contributed by atoms with E-state index in [9.17, 15) is 4.79 Å². The summed E-state index contributed by atoms with van der Waals surface area (Å²) in [5.41, 5.74) is 5.29. The van der Waals surface area contributed by atoms with Crippen LogP contribution in [-0.4, -0.2) is 21.5 Å². The average molecular weight is 297 g/mol. The largest absolute Gasteiger partial charge is 0.383 e. The van der Waals surface area contributed by atoms with Crippen LogP contribution in [0.2, 0.25) is 0 Å². The molecule has 0 saturated carbocycles. The van der Waals surface area contributed by atoms with E-state index in [2.05, 4.69) is 27.2 Å². The Balaban J connectivity index is 1.94. The zero-order chi connectivity index (χ0) is 13.7. The van der Waals surface area contributed by atoms with Gasteiger partial charge in [-0.05, 0) is 6.42 Å². The normalized spacial score (nSPS) is 10.6. The fourth-order valence-corrected chi connectivity index (χ4v) is 3.09. The second-order valence-electron chi connectivity index (χ2n) is 3.82. The van der Waals surface area contributed by atoms with E-state index in [0.717, 1.165) is 23.0 Å². The maximum atomic E-state index is 11.2. The summed E-state index contributed by atoms with van der Waals surface area (Å²) in [6, 6.07) is 1.27. The van der Waals surface area contributed by atoms with Gasteiger partial charge >= 0.3 is 0 Å². The molecule has 2 rings (SSSR count). The minimum atomic E-state index is -0.232. The van der Waals surface area contributed by atoms with Crippen LogP contribution in [0.25, 0.3) is 0 Å². The number of anilines is 2. The maximum absolute atomic E-state index is 11.2. The standard InChI is InChI=1S/C11H15N5OS2/c1-2-3-13-10-14-5-7(19-10)6-18-11-15-8(12)4-9(17)16-11/h4-5H,2-3,6H2,1H3,(H,13,14)(H3,12,15,16,17). The van der Waals surface area contributed by atoms with E-state index in [4.69, 9.17) is 5.73 Å². The van der Waals surface area contributed by atoms with Gasteiger partial charge in [0.2, 0.25) is 0 Å². The van der Waals surface area contributed by atoms with Gasteiger partial charge in [-0.25, -0.2) is 9.97 Å². The first-order valence-corrected chi connectivity index (χ1v) is 7.66. The van der Waals surface area contributed by atoms with E-state index in [-0.39, 0.29) is 11.4 Å². The third kappa shape index (κ3) is 4.25. The fraction of sp³-hybridized carbons (Fsp3) is 0.364. The van der Waals surface area contributed by atoms with Crippen molar-refractivity contribution in [1.82, 2.24) is 15.0 Å². The molecule has 4 N–H and O–H groups in total. The van der Waals surface area contributed by atoms with Crippen LogP contribution in [0.4, 0.5) is 10.9 Å². The fourth-order valence-electron chi connectivity index (χ4n) is 1.35. The third-order valence-electron chi connectivity index (χ3n) is 2.17. The molecule has 0 aromatic carbocycles. The van der Waals surface area contributed by atoms with Crippen molar-refractivity contribution in [2.24, 2.45) is 0 Å². The number of nitrogens with two attached hydrogens (primary N) is 1. The summed E-state index contributed by atoms with van der Waals surface area (Å²) < 4.78 is 0. The smallest absolute Gasteiger partial charge is 0.253 e. The molecule has 2 heterocycles. The van der Waals surface area contributed by atoms with E-state index >= 15 is 0 Å². The number of thioether (sulfide) groups is 1. The molecular formula is C11H15N5OS2. The van der Waals surface area contributed by atoms with Crippen molar-refractivity contribution in [3.8, 4) is 0 Å². The average Bonchev–Trinajstić information content (AvgIpc) is 2.81. The molecule has 0 fully saturated rings. The molecule has 8 heteroatoms. The first-order valence-electron chi connectivity index (χ1n) is 5.85. The summed E-state index contributed by atoms with van der Waals surface area (Å²) in [5.74, 6) is 0.943. The summed E-state index contributed by atoms with van der Waals surface area (Å²) >= 11 is 3.04. The predicted octanol–water partition coefficient (Wildman–Crippen LogP) is 1.92. The summed E-state index contributed by atoms with van der Waals surface area (Å²) in [6.45, 7) is 3.03. The van der Waals surface area contributed by atoms with Crippen LogP contribution in [0, 0.1) is 0 Å². The highest BCUT2D eigenvalue weighted by molar-refractivity contribution is 7.98. The summed E-state index contributed by atoms with van der Waals surface area (Å²) in [5, 5.41) is 4.69. The molecule has 0 radical (unpaired) electrons. The molecule has 102 valence electrons. The van der Waals surface area contributed by atoms with E-state index in [0.29, 0.717) is 10.9 Å². The van der Waals surface area contributed by atoms with Crippen molar-refractivity contribution in [2.45, 2.75) is 24.3 Å². The molecule has 0 aliphatic rings. The van der Waals surface area contributed by atoms with Gasteiger partial charge < -0.3 is 16.0 Å². The molecule has 6 nitrogen and oxygen atoms in total. The number of aromatic nitrogens is 3. The van der Waals surface area contributed by atoms with Gasteiger partial charge in [0.25, 0.3) is 5.56 Å². The van der Waals surface area contributed by atoms with Crippen molar-refractivity contribution in [3.05, 3.63) is 27.5 Å². The Morgan fingerprint density at radius 3 is 3.16 bits per heavy atom. The van der Waals surface area contributed by atoms with Crippen molar-refractivity contribution < 1.29 is 0 Å². The molecule has 0 unspecified atom stereocenters. The summed E-state index contributed by atoms with van der Waals surface area (Å²) in [7, 11) is 0. The van der Waals surface area contributed by atoms with Crippen LogP contribution in [0.1, 0.15) is 18.2 Å². The lowest BCUT2D eigenvalue weighted by Crippen LogP contribution is -2.09. The lowest BCUT2D eigenvalue weighted by atomic mass is 10.5. The van der Waals surface area contributed by atoms with E-state index in [1.807, 2.05) is 6.20 Å². The Bertz CT molecular complexity index is 595. The molecule has 0 amide bonds. The Labute approximate surface area is 118 Å². The first kappa shape index (κ1) is 13.9. The number of aromatic amines is 1. The van der Waals surface area contributed by atoms with Gasteiger partial charge in [-0.1, -0.05) is 18.7 Å². The predicted molar refractivity (Wildman–Crippen MR) is 79.7 cm³/mol. The quantitative estimate of drug-likeness (QED) is 0.557. The van der Waals surface area contributed by atoms with Crippen molar-refractivity contribution in [3.63, 3.8) is 0 Å².